The van der Waals surface area contributed by atoms with Crippen LogP contribution in [0.2, 0.25) is 0 Å². The fourth-order valence-corrected chi connectivity index (χ4v) is 2.11. The van der Waals surface area contributed by atoms with Crippen LogP contribution < -0.4 is 5.48 Å². The summed E-state index contributed by atoms with van der Waals surface area (Å²) in [6.07, 6.45) is 0. The molecular weight excluding hydrogens is 266 g/mol. The molecule has 21 heavy (non-hydrogen) atoms. The van der Waals surface area contributed by atoms with E-state index >= 15 is 0 Å². The van der Waals surface area contributed by atoms with Crippen molar-refractivity contribution in [1.82, 2.24) is 15.7 Å². The lowest BCUT2D eigenvalue weighted by Gasteiger charge is -2.04. The topological polar surface area (TPSA) is 67.0 Å². The highest BCUT2D eigenvalue weighted by Gasteiger charge is 2.14. The van der Waals surface area contributed by atoms with Crippen LogP contribution in [-0.2, 0) is 11.4 Å². The molecule has 3 aromatic rings. The lowest BCUT2D eigenvalue weighted by atomic mass is 10.1. The molecule has 0 bridgehead atoms. The maximum absolute atomic E-state index is 12.1. The first-order chi connectivity index (χ1) is 10.2. The predicted octanol–water partition coefficient (Wildman–Crippen LogP) is 2.73. The molecule has 0 radical (unpaired) electrons. The van der Waals surface area contributed by atoms with Gasteiger partial charge in [-0.15, -0.1) is 0 Å². The fraction of sp³-hybridized carbons (Fsp3) is 0.125. The largest absolute Gasteiger partial charge is 0.295 e. The molecule has 0 aliphatic carbocycles. The number of aryl methyl sites for hydroxylation is 1. The number of amides is 1. The second-order valence-electron chi connectivity index (χ2n) is 4.83. The van der Waals surface area contributed by atoms with E-state index in [-0.39, 0.29) is 5.91 Å². The SMILES string of the molecule is Cc1ccc2[nH]nc(C(=O)NOCc3ccccc3)c2c1. The maximum atomic E-state index is 12.1. The predicted molar refractivity (Wildman–Crippen MR) is 79.5 cm³/mol. The van der Waals surface area contributed by atoms with Gasteiger partial charge in [-0.3, -0.25) is 14.7 Å². The van der Waals surface area contributed by atoms with Crippen LogP contribution in [0.3, 0.4) is 0 Å². The third-order valence-corrected chi connectivity index (χ3v) is 3.18. The van der Waals surface area contributed by atoms with Crippen LogP contribution in [0.15, 0.2) is 48.5 Å². The lowest BCUT2D eigenvalue weighted by Crippen LogP contribution is -2.24. The second kappa shape index (κ2) is 5.76. The molecule has 0 aliphatic heterocycles. The highest BCUT2D eigenvalue weighted by molar-refractivity contribution is 6.04. The van der Waals surface area contributed by atoms with Crippen molar-refractivity contribution in [1.29, 1.82) is 0 Å². The molecule has 0 spiro atoms. The van der Waals surface area contributed by atoms with Gasteiger partial charge in [-0.25, -0.2) is 5.48 Å². The van der Waals surface area contributed by atoms with E-state index in [4.69, 9.17) is 4.84 Å². The van der Waals surface area contributed by atoms with Crippen molar-refractivity contribution < 1.29 is 9.63 Å². The molecule has 0 saturated heterocycles. The number of H-pyrrole nitrogens is 1. The molecule has 1 heterocycles. The third-order valence-electron chi connectivity index (χ3n) is 3.18. The number of hydrogen-bond acceptors (Lipinski definition) is 3. The van der Waals surface area contributed by atoms with Crippen molar-refractivity contribution in [3.05, 3.63) is 65.4 Å². The van der Waals surface area contributed by atoms with E-state index in [1.54, 1.807) is 0 Å². The van der Waals surface area contributed by atoms with E-state index in [1.165, 1.54) is 0 Å². The molecule has 1 aromatic heterocycles. The molecule has 2 aromatic carbocycles. The number of carbonyl (C=O) groups excluding carboxylic acids is 1. The maximum Gasteiger partial charge on any atom is 0.295 e. The zero-order valence-corrected chi connectivity index (χ0v) is 11.6. The molecule has 0 fully saturated rings. The van der Waals surface area contributed by atoms with Crippen LogP contribution in [0.25, 0.3) is 10.9 Å². The summed E-state index contributed by atoms with van der Waals surface area (Å²) in [6.45, 7) is 2.29. The Balaban J connectivity index is 1.68. The Bertz CT molecular complexity index is 766. The molecule has 5 heteroatoms. The monoisotopic (exact) mass is 281 g/mol. The minimum absolute atomic E-state index is 0.313. The number of aromatic amines is 1. The summed E-state index contributed by atoms with van der Waals surface area (Å²) in [5.74, 6) is -0.359. The third kappa shape index (κ3) is 2.93. The van der Waals surface area contributed by atoms with E-state index < -0.39 is 0 Å². The number of benzene rings is 2. The van der Waals surface area contributed by atoms with Crippen molar-refractivity contribution in [2.24, 2.45) is 0 Å². The molecule has 5 nitrogen and oxygen atoms in total. The van der Waals surface area contributed by atoms with Crippen LogP contribution in [0.4, 0.5) is 0 Å². The highest BCUT2D eigenvalue weighted by atomic mass is 16.6. The average Bonchev–Trinajstić information content (AvgIpc) is 2.91. The smallest absolute Gasteiger partial charge is 0.277 e. The summed E-state index contributed by atoms with van der Waals surface area (Å²) in [7, 11) is 0. The van der Waals surface area contributed by atoms with Crippen LogP contribution in [0.1, 0.15) is 21.6 Å². The Morgan fingerprint density at radius 3 is 2.86 bits per heavy atom. The number of rotatable bonds is 4. The number of hydroxylamine groups is 1. The van der Waals surface area contributed by atoms with Gasteiger partial charge in [-0.1, -0.05) is 42.0 Å². The van der Waals surface area contributed by atoms with Gasteiger partial charge in [0.15, 0.2) is 5.69 Å². The van der Waals surface area contributed by atoms with Crippen LogP contribution in [0.5, 0.6) is 0 Å². The summed E-state index contributed by atoms with van der Waals surface area (Å²) < 4.78 is 0. The molecule has 2 N–H and O–H groups in total. The van der Waals surface area contributed by atoms with Crippen molar-refractivity contribution in [3.8, 4) is 0 Å². The van der Waals surface area contributed by atoms with Gasteiger partial charge < -0.3 is 0 Å². The zero-order valence-electron chi connectivity index (χ0n) is 11.6. The van der Waals surface area contributed by atoms with Gasteiger partial charge in [0.1, 0.15) is 0 Å². The zero-order chi connectivity index (χ0) is 14.7. The van der Waals surface area contributed by atoms with Crippen LogP contribution >= 0.6 is 0 Å². The van der Waals surface area contributed by atoms with E-state index in [0.29, 0.717) is 12.3 Å². The number of aromatic nitrogens is 2. The van der Waals surface area contributed by atoms with Gasteiger partial charge >= 0.3 is 0 Å². The van der Waals surface area contributed by atoms with Gasteiger partial charge in [-0.05, 0) is 24.6 Å². The number of fused-ring (bicyclic) bond motifs is 1. The highest BCUT2D eigenvalue weighted by Crippen LogP contribution is 2.17. The number of nitrogens with one attached hydrogen (secondary N) is 2. The second-order valence-corrected chi connectivity index (χ2v) is 4.83. The lowest BCUT2D eigenvalue weighted by molar-refractivity contribution is 0.0231. The minimum Gasteiger partial charge on any atom is -0.277 e. The normalized spacial score (nSPS) is 10.7. The Kier molecular flexibility index (Phi) is 3.66. The molecule has 0 unspecified atom stereocenters. The molecular formula is C16H15N3O2. The van der Waals surface area contributed by atoms with Crippen molar-refractivity contribution in [3.63, 3.8) is 0 Å². The van der Waals surface area contributed by atoms with Gasteiger partial charge in [0, 0.05) is 5.39 Å². The van der Waals surface area contributed by atoms with Gasteiger partial charge in [0.05, 0.1) is 12.1 Å². The first-order valence-corrected chi connectivity index (χ1v) is 6.65. The fourth-order valence-electron chi connectivity index (χ4n) is 2.11. The Morgan fingerprint density at radius 1 is 1.24 bits per heavy atom. The Morgan fingerprint density at radius 2 is 2.05 bits per heavy atom. The van der Waals surface area contributed by atoms with Crippen molar-refractivity contribution in [2.45, 2.75) is 13.5 Å². The summed E-state index contributed by atoms with van der Waals surface area (Å²) in [6, 6.07) is 15.4. The molecule has 0 aliphatic rings. The Hall–Kier alpha value is -2.66. The minimum atomic E-state index is -0.359. The van der Waals surface area contributed by atoms with Crippen molar-refractivity contribution in [2.75, 3.05) is 0 Å². The van der Waals surface area contributed by atoms with E-state index in [2.05, 4.69) is 15.7 Å². The van der Waals surface area contributed by atoms with E-state index in [0.717, 1.165) is 22.0 Å². The average molecular weight is 281 g/mol. The molecule has 0 atom stereocenters. The van der Waals surface area contributed by atoms with E-state index in [9.17, 15) is 4.79 Å². The first-order valence-electron chi connectivity index (χ1n) is 6.65. The standard InChI is InChI=1S/C16H15N3O2/c1-11-7-8-14-13(9-11)15(18-17-14)16(20)19-21-10-12-5-3-2-4-6-12/h2-9H,10H2,1H3,(H,17,18)(H,19,20). The molecule has 0 saturated carbocycles. The summed E-state index contributed by atoms with van der Waals surface area (Å²) in [5, 5.41) is 7.67. The quantitative estimate of drug-likeness (QED) is 0.723. The van der Waals surface area contributed by atoms with Crippen LogP contribution in [-0.4, -0.2) is 16.1 Å². The van der Waals surface area contributed by atoms with E-state index in [1.807, 2.05) is 55.5 Å². The van der Waals surface area contributed by atoms with Gasteiger partial charge in [0.2, 0.25) is 0 Å². The first kappa shape index (κ1) is 13.3. The van der Waals surface area contributed by atoms with Crippen molar-refractivity contribution >= 4 is 16.8 Å². The molecule has 1 amide bonds. The van der Waals surface area contributed by atoms with Gasteiger partial charge in [-0.2, -0.15) is 5.10 Å². The number of nitrogens with zero attached hydrogens (tertiary/aromatic N) is 1. The van der Waals surface area contributed by atoms with Gasteiger partial charge in [0.25, 0.3) is 5.91 Å². The van der Waals surface area contributed by atoms with Crippen LogP contribution in [0, 0.1) is 6.92 Å². The number of carbonyl (C=O) groups is 1. The summed E-state index contributed by atoms with van der Waals surface area (Å²) in [4.78, 5) is 17.3. The Labute approximate surface area is 121 Å². The summed E-state index contributed by atoms with van der Waals surface area (Å²) in [5.41, 5.74) is 5.65. The molecule has 106 valence electrons. The number of hydrogen-bond donors (Lipinski definition) is 2. The molecule has 3 rings (SSSR count). The summed E-state index contributed by atoms with van der Waals surface area (Å²) >= 11 is 0.